The predicted molar refractivity (Wildman–Crippen MR) is 144 cm³/mol. The second-order valence-electron chi connectivity index (χ2n) is 7.03. The van der Waals surface area contributed by atoms with Crippen LogP contribution in [0.15, 0.2) is 71.6 Å². The largest absolute Gasteiger partial charge is 0.484 e. The van der Waals surface area contributed by atoms with E-state index in [0.29, 0.717) is 41.4 Å². The van der Waals surface area contributed by atoms with Crippen LogP contribution in [-0.4, -0.2) is 22.7 Å². The number of ether oxygens (including phenoxy) is 1. The van der Waals surface area contributed by atoms with Crippen molar-refractivity contribution in [2.75, 3.05) is 16.8 Å². The Labute approximate surface area is 220 Å². The second kappa shape index (κ2) is 10.8. The molecule has 1 fully saturated rings. The molecule has 34 heavy (non-hydrogen) atoms. The second-order valence-corrected chi connectivity index (χ2v) is 9.98. The van der Waals surface area contributed by atoms with Gasteiger partial charge in [0.05, 0.1) is 21.3 Å². The number of thioether (sulfide) groups is 1. The maximum atomic E-state index is 12.9. The highest BCUT2D eigenvalue weighted by Gasteiger charge is 2.33. The summed E-state index contributed by atoms with van der Waals surface area (Å²) in [6.45, 7) is -0.221. The summed E-state index contributed by atoms with van der Waals surface area (Å²) >= 11 is 24.5. The molecule has 0 aliphatic carbocycles. The number of carbonyl (C=O) groups excluding carboxylic acids is 2. The standard InChI is InChI=1S/C24H15Cl3N2O3S2/c25-15-4-7-17(8-5-15)29-23(31)21(34-24(29)33)11-14-2-1-3-18(10-14)32-13-22(30)28-20-9-6-16(26)12-19(20)27/h1-12H,13H2,(H,28,30)/b21-11-. The van der Waals surface area contributed by atoms with Gasteiger partial charge in [0, 0.05) is 10.0 Å². The highest BCUT2D eigenvalue weighted by atomic mass is 35.5. The van der Waals surface area contributed by atoms with Gasteiger partial charge in [-0.25, -0.2) is 0 Å². The van der Waals surface area contributed by atoms with Gasteiger partial charge in [-0.3, -0.25) is 14.5 Å². The molecule has 1 saturated heterocycles. The zero-order valence-corrected chi connectivity index (χ0v) is 21.2. The van der Waals surface area contributed by atoms with Crippen molar-refractivity contribution >= 4 is 92.4 Å². The molecule has 3 aromatic carbocycles. The Bertz CT molecular complexity index is 1310. The van der Waals surface area contributed by atoms with Crippen LogP contribution in [0.5, 0.6) is 5.75 Å². The number of thiocarbonyl (C=S) groups is 1. The average molecular weight is 550 g/mol. The molecule has 10 heteroatoms. The highest BCUT2D eigenvalue weighted by molar-refractivity contribution is 8.27. The van der Waals surface area contributed by atoms with Crippen molar-refractivity contribution in [3.63, 3.8) is 0 Å². The molecule has 0 radical (unpaired) electrons. The summed E-state index contributed by atoms with van der Waals surface area (Å²) in [6.07, 6.45) is 1.73. The number of carbonyl (C=O) groups is 2. The Balaban J connectivity index is 1.42. The van der Waals surface area contributed by atoms with Gasteiger partial charge in [0.2, 0.25) is 0 Å². The van der Waals surface area contributed by atoms with Gasteiger partial charge in [0.25, 0.3) is 11.8 Å². The summed E-state index contributed by atoms with van der Waals surface area (Å²) in [4.78, 5) is 27.1. The van der Waals surface area contributed by atoms with E-state index < -0.39 is 0 Å². The van der Waals surface area contributed by atoms with Crippen molar-refractivity contribution in [3.05, 3.63) is 92.3 Å². The van der Waals surface area contributed by atoms with Gasteiger partial charge in [-0.2, -0.15) is 0 Å². The maximum absolute atomic E-state index is 12.9. The Hall–Kier alpha value is -2.55. The van der Waals surface area contributed by atoms with E-state index in [9.17, 15) is 9.59 Å². The van der Waals surface area contributed by atoms with Gasteiger partial charge >= 0.3 is 0 Å². The van der Waals surface area contributed by atoms with Crippen LogP contribution in [0.4, 0.5) is 11.4 Å². The lowest BCUT2D eigenvalue weighted by atomic mass is 10.2. The third-order valence-corrected chi connectivity index (χ3v) is 6.71. The van der Waals surface area contributed by atoms with Gasteiger partial charge < -0.3 is 10.1 Å². The molecule has 3 aromatic rings. The zero-order valence-electron chi connectivity index (χ0n) is 17.3. The summed E-state index contributed by atoms with van der Waals surface area (Å²) in [5.74, 6) is -0.124. The quantitative estimate of drug-likeness (QED) is 0.263. The third kappa shape index (κ3) is 5.92. The molecule has 4 rings (SSSR count). The Morgan fingerprint density at radius 3 is 2.50 bits per heavy atom. The maximum Gasteiger partial charge on any atom is 0.270 e. The van der Waals surface area contributed by atoms with Crippen molar-refractivity contribution in [1.29, 1.82) is 0 Å². The fraction of sp³-hybridized carbons (Fsp3) is 0.0417. The molecule has 0 saturated carbocycles. The Kier molecular flexibility index (Phi) is 7.80. The number of anilines is 2. The fourth-order valence-electron chi connectivity index (χ4n) is 3.05. The number of amides is 2. The smallest absolute Gasteiger partial charge is 0.270 e. The van der Waals surface area contributed by atoms with Crippen molar-refractivity contribution in [2.24, 2.45) is 0 Å². The Morgan fingerprint density at radius 2 is 1.76 bits per heavy atom. The molecular weight excluding hydrogens is 535 g/mol. The van der Waals surface area contributed by atoms with Crippen LogP contribution >= 0.6 is 58.8 Å². The lowest BCUT2D eigenvalue weighted by molar-refractivity contribution is -0.118. The van der Waals surface area contributed by atoms with Gasteiger partial charge in [-0.15, -0.1) is 0 Å². The number of hydrogen-bond donors (Lipinski definition) is 1. The van der Waals surface area contributed by atoms with Gasteiger partial charge in [0.15, 0.2) is 10.9 Å². The summed E-state index contributed by atoms with van der Waals surface area (Å²) in [6, 6.07) is 18.7. The summed E-state index contributed by atoms with van der Waals surface area (Å²) < 4.78 is 6.04. The first-order chi connectivity index (χ1) is 16.3. The first-order valence-corrected chi connectivity index (χ1v) is 12.2. The number of halogens is 3. The molecule has 0 bridgehead atoms. The lowest BCUT2D eigenvalue weighted by Crippen LogP contribution is -2.27. The van der Waals surface area contributed by atoms with E-state index in [2.05, 4.69) is 5.32 Å². The minimum atomic E-state index is -0.376. The summed E-state index contributed by atoms with van der Waals surface area (Å²) in [5, 5.41) is 4.05. The van der Waals surface area contributed by atoms with Gasteiger partial charge in [-0.1, -0.05) is 70.9 Å². The van der Waals surface area contributed by atoms with Crippen LogP contribution in [0.1, 0.15) is 5.56 Å². The number of benzene rings is 3. The average Bonchev–Trinajstić information content (AvgIpc) is 3.08. The molecule has 1 aliphatic heterocycles. The molecule has 0 spiro atoms. The molecule has 0 atom stereocenters. The zero-order chi connectivity index (χ0) is 24.2. The number of nitrogens with zero attached hydrogens (tertiary/aromatic N) is 1. The molecule has 5 nitrogen and oxygen atoms in total. The number of rotatable bonds is 6. The minimum absolute atomic E-state index is 0.220. The molecule has 1 heterocycles. The first kappa shape index (κ1) is 24.6. The molecule has 0 unspecified atom stereocenters. The minimum Gasteiger partial charge on any atom is -0.484 e. The van der Waals surface area contributed by atoms with Crippen LogP contribution in [0.2, 0.25) is 15.1 Å². The van der Waals surface area contributed by atoms with Crippen molar-refractivity contribution < 1.29 is 14.3 Å². The van der Waals surface area contributed by atoms with E-state index in [1.807, 2.05) is 6.07 Å². The van der Waals surface area contributed by atoms with E-state index in [4.69, 9.17) is 51.8 Å². The van der Waals surface area contributed by atoms with Crippen LogP contribution in [0, 0.1) is 0 Å². The molecule has 1 N–H and O–H groups in total. The third-order valence-electron chi connectivity index (χ3n) is 4.61. The van der Waals surface area contributed by atoms with E-state index >= 15 is 0 Å². The van der Waals surface area contributed by atoms with Crippen LogP contribution in [0.25, 0.3) is 6.08 Å². The van der Waals surface area contributed by atoms with Crippen LogP contribution < -0.4 is 15.0 Å². The SMILES string of the molecule is O=C(COc1cccc(/C=C2\SC(=S)N(c3ccc(Cl)cc3)C2=O)c1)Nc1ccc(Cl)cc1Cl. The predicted octanol–water partition coefficient (Wildman–Crippen LogP) is 7.07. The highest BCUT2D eigenvalue weighted by Crippen LogP contribution is 2.36. The van der Waals surface area contributed by atoms with Crippen LogP contribution in [0.3, 0.4) is 0 Å². The monoisotopic (exact) mass is 548 g/mol. The van der Waals surface area contributed by atoms with Gasteiger partial charge in [-0.05, 0) is 66.2 Å². The molecule has 2 amide bonds. The van der Waals surface area contributed by atoms with E-state index in [-0.39, 0.29) is 18.4 Å². The van der Waals surface area contributed by atoms with Crippen LogP contribution in [-0.2, 0) is 9.59 Å². The van der Waals surface area contributed by atoms with E-state index in [1.165, 1.54) is 16.7 Å². The Morgan fingerprint density at radius 1 is 1.03 bits per heavy atom. The van der Waals surface area contributed by atoms with E-state index in [1.54, 1.807) is 66.7 Å². The topological polar surface area (TPSA) is 58.6 Å². The first-order valence-electron chi connectivity index (χ1n) is 9.81. The summed E-state index contributed by atoms with van der Waals surface area (Å²) in [5.41, 5.74) is 1.82. The van der Waals surface area contributed by atoms with E-state index in [0.717, 1.165) is 5.56 Å². The number of nitrogens with one attached hydrogen (secondary N) is 1. The lowest BCUT2D eigenvalue weighted by Gasteiger charge is -2.14. The number of hydrogen-bond acceptors (Lipinski definition) is 5. The van der Waals surface area contributed by atoms with Crippen molar-refractivity contribution in [1.82, 2.24) is 0 Å². The molecule has 172 valence electrons. The fourth-order valence-corrected chi connectivity index (χ4v) is 4.93. The van der Waals surface area contributed by atoms with Gasteiger partial charge in [0.1, 0.15) is 5.75 Å². The summed E-state index contributed by atoms with van der Waals surface area (Å²) in [7, 11) is 0. The molecular formula is C24H15Cl3N2O3S2. The molecule has 1 aliphatic rings. The van der Waals surface area contributed by atoms with Crippen molar-refractivity contribution in [3.8, 4) is 5.75 Å². The molecule has 0 aromatic heterocycles. The normalized spacial score (nSPS) is 14.6. The van der Waals surface area contributed by atoms with Crippen molar-refractivity contribution in [2.45, 2.75) is 0 Å².